The molecule has 1 unspecified atom stereocenters. The monoisotopic (exact) mass is 637 g/mol. The maximum Gasteiger partial charge on any atom is 0.457 e. The fraction of sp³-hybridized carbons (Fsp3) is 0.571. The van der Waals surface area contributed by atoms with Gasteiger partial charge in [0.25, 0.3) is 5.91 Å². The minimum Gasteiger partial charge on any atom is -0.403 e. The molecule has 2 aromatic carbocycles. The number of hydrogen-bond acceptors (Lipinski definition) is 5. The van der Waals surface area contributed by atoms with E-state index in [2.05, 4.69) is 16.0 Å². The molecule has 45 heavy (non-hydrogen) atoms. The third-order valence-corrected chi connectivity index (χ3v) is 9.78. The normalized spacial score (nSPS) is 23.4. The molecule has 1 atom stereocenters. The third-order valence-electron chi connectivity index (χ3n) is 9.53. The molecule has 8 nitrogen and oxygen atoms in total. The Labute approximate surface area is 273 Å². The van der Waals surface area contributed by atoms with Gasteiger partial charge in [0.05, 0.1) is 16.7 Å². The van der Waals surface area contributed by atoms with E-state index in [4.69, 9.17) is 20.9 Å². The lowest BCUT2D eigenvalue weighted by molar-refractivity contribution is -0.141. The Morgan fingerprint density at radius 2 is 1.47 bits per heavy atom. The fourth-order valence-corrected chi connectivity index (χ4v) is 6.60. The summed E-state index contributed by atoms with van der Waals surface area (Å²) in [5.74, 6) is -0.935. The molecule has 4 rings (SSSR count). The molecule has 2 fully saturated rings. The van der Waals surface area contributed by atoms with Crippen molar-refractivity contribution >= 4 is 36.4 Å². The molecule has 0 aromatic heterocycles. The Kier molecular flexibility index (Phi) is 10.2. The number of nitrogens with one attached hydrogen (secondary N) is 3. The predicted molar refractivity (Wildman–Crippen MR) is 179 cm³/mol. The molecular formula is C35H49BClN3O5. The van der Waals surface area contributed by atoms with Crippen molar-refractivity contribution in [1.82, 2.24) is 16.0 Å². The predicted octanol–water partition coefficient (Wildman–Crippen LogP) is 6.43. The number of carbonyl (C=O) groups excluding carboxylic acids is 3. The zero-order valence-electron chi connectivity index (χ0n) is 28.0. The van der Waals surface area contributed by atoms with Crippen LogP contribution in [0.1, 0.15) is 103 Å². The number of unbranched alkanes of at least 4 members (excludes halogenated alkanes) is 1. The van der Waals surface area contributed by atoms with Crippen LogP contribution >= 0.6 is 11.6 Å². The summed E-state index contributed by atoms with van der Waals surface area (Å²) >= 11 is 6.23. The van der Waals surface area contributed by atoms with Gasteiger partial charge in [-0.05, 0) is 110 Å². The Bertz CT molecular complexity index is 1350. The highest BCUT2D eigenvalue weighted by Crippen LogP contribution is 2.52. The quantitative estimate of drug-likeness (QED) is 0.195. The lowest BCUT2D eigenvalue weighted by atomic mass is 9.56. The van der Waals surface area contributed by atoms with E-state index in [1.165, 1.54) is 6.92 Å². The van der Waals surface area contributed by atoms with Crippen molar-refractivity contribution in [3.63, 3.8) is 0 Å². The zero-order valence-corrected chi connectivity index (χ0v) is 28.8. The van der Waals surface area contributed by atoms with Gasteiger partial charge in [0, 0.05) is 23.0 Å². The number of carbonyl (C=O) groups is 3. The van der Waals surface area contributed by atoms with Gasteiger partial charge < -0.3 is 25.3 Å². The van der Waals surface area contributed by atoms with Gasteiger partial charge >= 0.3 is 7.12 Å². The maximum absolute atomic E-state index is 14.2. The van der Waals surface area contributed by atoms with Crippen LogP contribution in [0.25, 0.3) is 0 Å². The summed E-state index contributed by atoms with van der Waals surface area (Å²) in [4.78, 5) is 40.5. The Morgan fingerprint density at radius 3 is 2.00 bits per heavy atom. The SMILES string of the molecule is CC(=O)NC(CCCCB1OC(C)(C)C(C)(C)O1)(C(=O)NC(C)(C)C)C1CC(NC(=O)c2ccccc2)(c2ccc(Cl)cc2)C1. The molecule has 0 radical (unpaired) electrons. The molecule has 10 heteroatoms. The number of rotatable bonds is 11. The van der Waals surface area contributed by atoms with Crippen LogP contribution in [-0.2, 0) is 24.4 Å². The zero-order chi connectivity index (χ0) is 33.3. The lowest BCUT2D eigenvalue weighted by Gasteiger charge is -2.55. The molecule has 0 spiro atoms. The molecule has 1 saturated heterocycles. The van der Waals surface area contributed by atoms with Crippen LogP contribution in [0.4, 0.5) is 0 Å². The first-order chi connectivity index (χ1) is 20.9. The number of amides is 3. The number of halogens is 1. The molecule has 2 aromatic rings. The van der Waals surface area contributed by atoms with Gasteiger partial charge in [-0.25, -0.2) is 0 Å². The van der Waals surface area contributed by atoms with E-state index in [-0.39, 0.29) is 30.8 Å². The molecule has 2 aliphatic rings. The first-order valence-electron chi connectivity index (χ1n) is 16.0. The first-order valence-corrected chi connectivity index (χ1v) is 16.4. The van der Waals surface area contributed by atoms with E-state index in [0.717, 1.165) is 12.0 Å². The Hall–Kier alpha value is -2.88. The first kappa shape index (κ1) is 35.0. The Balaban J connectivity index is 1.60. The summed E-state index contributed by atoms with van der Waals surface area (Å²) in [6.45, 7) is 15.4. The Morgan fingerprint density at radius 1 is 0.889 bits per heavy atom. The van der Waals surface area contributed by atoms with Crippen LogP contribution in [-0.4, -0.2) is 47.1 Å². The third kappa shape index (κ3) is 7.93. The van der Waals surface area contributed by atoms with E-state index in [0.29, 0.717) is 42.6 Å². The van der Waals surface area contributed by atoms with Gasteiger partial charge in [0.1, 0.15) is 5.54 Å². The van der Waals surface area contributed by atoms with E-state index in [1.54, 1.807) is 12.1 Å². The number of hydrogen-bond donors (Lipinski definition) is 3. The van der Waals surface area contributed by atoms with E-state index >= 15 is 0 Å². The van der Waals surface area contributed by atoms with Crippen molar-refractivity contribution in [2.45, 2.75) is 122 Å². The van der Waals surface area contributed by atoms with Gasteiger partial charge in [0.2, 0.25) is 11.8 Å². The molecule has 1 saturated carbocycles. The maximum atomic E-state index is 14.2. The van der Waals surface area contributed by atoms with Gasteiger partial charge in [-0.2, -0.15) is 0 Å². The van der Waals surface area contributed by atoms with Gasteiger partial charge in [-0.3, -0.25) is 14.4 Å². The molecule has 244 valence electrons. The molecule has 1 aliphatic heterocycles. The van der Waals surface area contributed by atoms with E-state index < -0.39 is 27.8 Å². The average Bonchev–Trinajstić information content (AvgIpc) is 3.13. The molecular weight excluding hydrogens is 589 g/mol. The highest BCUT2D eigenvalue weighted by molar-refractivity contribution is 6.45. The minimum absolute atomic E-state index is 0.198. The van der Waals surface area contributed by atoms with Gasteiger partial charge in [-0.15, -0.1) is 0 Å². The van der Waals surface area contributed by atoms with Crippen LogP contribution in [0, 0.1) is 5.92 Å². The topological polar surface area (TPSA) is 106 Å². The molecule has 0 bridgehead atoms. The largest absolute Gasteiger partial charge is 0.457 e. The molecule has 1 aliphatic carbocycles. The second kappa shape index (κ2) is 13.1. The lowest BCUT2D eigenvalue weighted by Crippen LogP contribution is -2.70. The summed E-state index contributed by atoms with van der Waals surface area (Å²) in [7, 11) is -0.331. The standard InChI is InChI=1S/C35H49BClN3O5/c1-24(41)38-35(30(43)40-31(2,3)4,20-12-13-21-36-44-32(5,6)33(7,8)45-36)27-22-34(23-27,26-16-18-28(37)19-17-26)39-29(42)25-14-10-9-11-15-25/h9-11,14-19,27H,12-13,20-23H2,1-8H3,(H,38,41)(H,39,42)(H,40,43). The van der Waals surface area contributed by atoms with E-state index in [9.17, 15) is 14.4 Å². The average molecular weight is 638 g/mol. The van der Waals surface area contributed by atoms with Crippen LogP contribution in [0.2, 0.25) is 11.3 Å². The molecule has 1 heterocycles. The fourth-order valence-electron chi connectivity index (χ4n) is 6.48. The summed E-state index contributed by atoms with van der Waals surface area (Å²) in [6, 6.07) is 16.5. The molecule has 3 amide bonds. The highest BCUT2D eigenvalue weighted by atomic mass is 35.5. The van der Waals surface area contributed by atoms with Crippen LogP contribution in [0.3, 0.4) is 0 Å². The smallest absolute Gasteiger partial charge is 0.403 e. The highest BCUT2D eigenvalue weighted by Gasteiger charge is 2.58. The summed E-state index contributed by atoms with van der Waals surface area (Å²) in [5.41, 5.74) is -1.80. The van der Waals surface area contributed by atoms with Crippen molar-refractivity contribution in [3.05, 3.63) is 70.7 Å². The van der Waals surface area contributed by atoms with Crippen molar-refractivity contribution < 1.29 is 23.7 Å². The second-order valence-electron chi connectivity index (χ2n) is 14.8. The van der Waals surface area contributed by atoms with Crippen LogP contribution in [0.15, 0.2) is 54.6 Å². The second-order valence-corrected chi connectivity index (χ2v) is 15.2. The van der Waals surface area contributed by atoms with Crippen molar-refractivity contribution in [2.24, 2.45) is 5.92 Å². The molecule has 3 N–H and O–H groups in total. The van der Waals surface area contributed by atoms with Crippen LogP contribution < -0.4 is 16.0 Å². The van der Waals surface area contributed by atoms with Gasteiger partial charge in [-0.1, -0.05) is 54.8 Å². The number of benzene rings is 2. The van der Waals surface area contributed by atoms with Crippen molar-refractivity contribution in [1.29, 1.82) is 0 Å². The summed E-state index contributed by atoms with van der Waals surface area (Å²) in [5, 5.41) is 10.1. The van der Waals surface area contributed by atoms with Crippen LogP contribution in [0.5, 0.6) is 0 Å². The van der Waals surface area contributed by atoms with E-state index in [1.807, 2.05) is 90.9 Å². The minimum atomic E-state index is -1.18. The summed E-state index contributed by atoms with van der Waals surface area (Å²) in [6.07, 6.45) is 3.45. The summed E-state index contributed by atoms with van der Waals surface area (Å²) < 4.78 is 12.4. The van der Waals surface area contributed by atoms with Crippen molar-refractivity contribution in [2.75, 3.05) is 0 Å². The van der Waals surface area contributed by atoms with Crippen molar-refractivity contribution in [3.8, 4) is 0 Å². The van der Waals surface area contributed by atoms with Gasteiger partial charge in [0.15, 0.2) is 0 Å².